The summed E-state index contributed by atoms with van der Waals surface area (Å²) in [4.78, 5) is 8.76. The van der Waals surface area contributed by atoms with Gasteiger partial charge in [-0.05, 0) is 55.2 Å². The Balaban J connectivity index is 1.24. The van der Waals surface area contributed by atoms with Crippen molar-refractivity contribution in [1.29, 1.82) is 0 Å². The minimum absolute atomic E-state index is 0.177. The van der Waals surface area contributed by atoms with Crippen molar-refractivity contribution in [2.75, 3.05) is 24.7 Å². The van der Waals surface area contributed by atoms with Gasteiger partial charge in [-0.3, -0.25) is 0 Å². The lowest BCUT2D eigenvalue weighted by molar-refractivity contribution is 0.216. The van der Waals surface area contributed by atoms with Crippen LogP contribution in [0.2, 0.25) is 0 Å². The number of benzene rings is 2. The van der Waals surface area contributed by atoms with Crippen molar-refractivity contribution in [1.82, 2.24) is 14.3 Å². The molecule has 1 fully saturated rings. The summed E-state index contributed by atoms with van der Waals surface area (Å²) in [6.45, 7) is 2.96. The topological polar surface area (TPSA) is 93.6 Å². The van der Waals surface area contributed by atoms with Crippen LogP contribution in [0, 0.1) is 0 Å². The second-order valence-electron chi connectivity index (χ2n) is 8.65. The maximum absolute atomic E-state index is 11.7. The van der Waals surface area contributed by atoms with E-state index in [4.69, 9.17) is 9.47 Å². The quantitative estimate of drug-likeness (QED) is 0.538. The van der Waals surface area contributed by atoms with Gasteiger partial charge in [-0.1, -0.05) is 23.8 Å². The van der Waals surface area contributed by atoms with Gasteiger partial charge in [0.1, 0.15) is 17.6 Å². The Morgan fingerprint density at radius 3 is 2.82 bits per heavy atom. The number of nitrogens with zero attached hydrogens (tertiary/aromatic N) is 3. The van der Waals surface area contributed by atoms with Crippen molar-refractivity contribution in [2.45, 2.75) is 25.9 Å². The van der Waals surface area contributed by atoms with Crippen LogP contribution in [0.4, 0.5) is 11.6 Å². The normalized spacial score (nSPS) is 17.8. The fourth-order valence-corrected chi connectivity index (χ4v) is 5.07. The van der Waals surface area contributed by atoms with Crippen molar-refractivity contribution in [3.8, 4) is 17.4 Å². The van der Waals surface area contributed by atoms with E-state index in [1.54, 1.807) is 12.3 Å². The largest absolute Gasteiger partial charge is 0.489 e. The molecule has 1 aliphatic heterocycles. The van der Waals surface area contributed by atoms with E-state index in [9.17, 15) is 8.42 Å². The van der Waals surface area contributed by atoms with Gasteiger partial charge in [0.2, 0.25) is 21.9 Å². The lowest BCUT2D eigenvalue weighted by Gasteiger charge is -2.16. The van der Waals surface area contributed by atoms with Crippen LogP contribution in [0.25, 0.3) is 6.08 Å². The van der Waals surface area contributed by atoms with Crippen LogP contribution in [0.1, 0.15) is 24.5 Å². The first-order chi connectivity index (χ1) is 16.3. The second-order valence-corrected chi connectivity index (χ2v) is 10.6. The minimum Gasteiger partial charge on any atom is -0.489 e. The smallest absolute Gasteiger partial charge is 0.230 e. The number of hydrogen-bond donors (Lipinski definition) is 1. The molecule has 8 nitrogen and oxygen atoms in total. The van der Waals surface area contributed by atoms with E-state index in [-0.39, 0.29) is 6.10 Å². The molecule has 0 unspecified atom stereocenters. The first kappa shape index (κ1) is 22.4. The van der Waals surface area contributed by atoms with E-state index in [1.807, 2.05) is 36.4 Å². The first-order valence-electron chi connectivity index (χ1n) is 11.1. The van der Waals surface area contributed by atoms with Crippen LogP contribution in [-0.4, -0.2) is 48.1 Å². The molecular formula is C25H26N4O4S. The molecule has 9 heteroatoms. The maximum atomic E-state index is 11.7. The highest BCUT2D eigenvalue weighted by Gasteiger charge is 2.29. The minimum atomic E-state index is -3.20. The van der Waals surface area contributed by atoms with Crippen molar-refractivity contribution >= 4 is 27.7 Å². The third-order valence-electron chi connectivity index (χ3n) is 5.81. The maximum Gasteiger partial charge on any atom is 0.230 e. The zero-order valence-electron chi connectivity index (χ0n) is 19.1. The molecule has 1 N–H and O–H groups in total. The Labute approximate surface area is 199 Å². The molecule has 34 heavy (non-hydrogen) atoms. The number of ether oxygens (including phenoxy) is 2. The number of sulfonamides is 1. The summed E-state index contributed by atoms with van der Waals surface area (Å²) >= 11 is 0. The third kappa shape index (κ3) is 5.21. The zero-order chi connectivity index (χ0) is 23.7. The molecule has 1 atom stereocenters. The lowest BCUT2D eigenvalue weighted by atomic mass is 10.1. The van der Waals surface area contributed by atoms with Gasteiger partial charge in [-0.25, -0.2) is 13.4 Å². The van der Waals surface area contributed by atoms with Crippen LogP contribution in [0.5, 0.6) is 17.4 Å². The average molecular weight is 479 g/mol. The highest BCUT2D eigenvalue weighted by atomic mass is 32.2. The molecule has 0 bridgehead atoms. The molecule has 0 saturated carbocycles. The van der Waals surface area contributed by atoms with Gasteiger partial charge in [-0.2, -0.15) is 9.29 Å². The number of anilines is 2. The predicted octanol–water partition coefficient (Wildman–Crippen LogP) is 4.38. The first-order valence-corrected chi connectivity index (χ1v) is 13.0. The van der Waals surface area contributed by atoms with Gasteiger partial charge in [0.15, 0.2) is 0 Å². The van der Waals surface area contributed by atoms with Gasteiger partial charge in [-0.15, -0.1) is 0 Å². The van der Waals surface area contributed by atoms with Gasteiger partial charge in [0.05, 0.1) is 12.8 Å². The summed E-state index contributed by atoms with van der Waals surface area (Å²) in [7, 11) is -3.20. The third-order valence-corrected chi connectivity index (χ3v) is 7.08. The number of nitrogens with one attached hydrogen (secondary N) is 1. The molecule has 1 aromatic heterocycles. The number of fused-ring (bicyclic) bond motifs is 1. The zero-order valence-corrected chi connectivity index (χ0v) is 19.9. The van der Waals surface area contributed by atoms with Crippen LogP contribution in [-0.2, 0) is 16.4 Å². The molecule has 0 spiro atoms. The molecule has 176 valence electrons. The number of aromatic nitrogens is 2. The molecule has 3 aromatic rings. The fourth-order valence-electron chi connectivity index (χ4n) is 4.19. The van der Waals surface area contributed by atoms with Crippen LogP contribution in [0.15, 0.2) is 60.3 Å². The van der Waals surface area contributed by atoms with E-state index < -0.39 is 10.0 Å². The lowest BCUT2D eigenvalue weighted by Crippen LogP contribution is -2.29. The Morgan fingerprint density at radius 1 is 1.12 bits per heavy atom. The number of rotatable bonds is 7. The second kappa shape index (κ2) is 9.08. The molecule has 1 aliphatic carbocycles. The summed E-state index contributed by atoms with van der Waals surface area (Å²) in [6, 6.07) is 15.2. The van der Waals surface area contributed by atoms with Crippen LogP contribution < -0.4 is 14.8 Å². The highest BCUT2D eigenvalue weighted by molar-refractivity contribution is 7.88. The average Bonchev–Trinajstić information content (AvgIpc) is 3.40. The Kier molecular flexibility index (Phi) is 5.97. The Hall–Kier alpha value is -3.43. The Morgan fingerprint density at radius 2 is 2.00 bits per heavy atom. The van der Waals surface area contributed by atoms with Crippen molar-refractivity contribution in [3.63, 3.8) is 0 Å². The van der Waals surface area contributed by atoms with Crippen LogP contribution in [0.3, 0.4) is 0 Å². The summed E-state index contributed by atoms with van der Waals surface area (Å²) in [6.07, 6.45) is 6.50. The molecule has 5 rings (SSSR count). The molecule has 2 aliphatic rings. The highest BCUT2D eigenvalue weighted by Crippen LogP contribution is 2.30. The predicted molar refractivity (Wildman–Crippen MR) is 131 cm³/mol. The van der Waals surface area contributed by atoms with Crippen molar-refractivity contribution in [3.05, 3.63) is 71.4 Å². The van der Waals surface area contributed by atoms with Crippen molar-refractivity contribution < 1.29 is 17.9 Å². The molecule has 0 amide bonds. The molecular weight excluding hydrogens is 452 g/mol. The fraction of sp³-hybridized carbons (Fsp3) is 0.280. The molecule has 2 heterocycles. The summed E-state index contributed by atoms with van der Waals surface area (Å²) < 4.78 is 36.9. The van der Waals surface area contributed by atoms with Crippen molar-refractivity contribution in [2.24, 2.45) is 0 Å². The molecule has 2 aromatic carbocycles. The molecule has 0 radical (unpaired) electrons. The van der Waals surface area contributed by atoms with Gasteiger partial charge in [0, 0.05) is 30.6 Å². The summed E-state index contributed by atoms with van der Waals surface area (Å²) in [5, 5.41) is 3.18. The SMILES string of the molecule is CC1=Cc2cc(Oc3ccnc(Nc4cccc(O[C@H]5CCN(S(C)(=O)=O)C5)c4)n3)ccc2C1. The summed E-state index contributed by atoms with van der Waals surface area (Å²) in [5.41, 5.74) is 4.58. The number of hydrogen-bond acceptors (Lipinski definition) is 7. The van der Waals surface area contributed by atoms with Gasteiger partial charge < -0.3 is 14.8 Å². The van der Waals surface area contributed by atoms with E-state index in [0.717, 1.165) is 17.9 Å². The van der Waals surface area contributed by atoms with E-state index >= 15 is 0 Å². The Bertz CT molecular complexity index is 1360. The van der Waals surface area contributed by atoms with E-state index in [0.29, 0.717) is 37.1 Å². The summed E-state index contributed by atoms with van der Waals surface area (Å²) in [5.74, 6) is 2.22. The van der Waals surface area contributed by atoms with Gasteiger partial charge in [0.25, 0.3) is 0 Å². The standard InChI is InChI=1S/C25H26N4O4S/c1-17-12-18-6-7-22(14-19(18)13-17)33-24-8-10-26-25(28-24)27-20-4-3-5-21(15-20)32-23-9-11-29(16-23)34(2,30)31/h3-8,10,13-15,23H,9,11-12,16H2,1-2H3,(H,26,27,28)/t23-/m0/s1. The number of allylic oxidation sites excluding steroid dienone is 1. The van der Waals surface area contributed by atoms with Gasteiger partial charge >= 0.3 is 0 Å². The van der Waals surface area contributed by atoms with E-state index in [1.165, 1.54) is 27.3 Å². The molecule has 1 saturated heterocycles. The monoisotopic (exact) mass is 478 g/mol. The van der Waals surface area contributed by atoms with E-state index in [2.05, 4.69) is 34.4 Å². The van der Waals surface area contributed by atoms with Crippen LogP contribution >= 0.6 is 0 Å².